The molecule has 0 aliphatic carbocycles. The van der Waals surface area contributed by atoms with Crippen LogP contribution >= 0.6 is 11.3 Å². The van der Waals surface area contributed by atoms with Crippen LogP contribution < -0.4 is 0 Å². The van der Waals surface area contributed by atoms with Crippen molar-refractivity contribution in [3.8, 4) is 10.6 Å². The van der Waals surface area contributed by atoms with Gasteiger partial charge >= 0.3 is 6.18 Å². The summed E-state index contributed by atoms with van der Waals surface area (Å²) in [5, 5.41) is 2.33. The molecule has 0 N–H and O–H groups in total. The Morgan fingerprint density at radius 1 is 1.27 bits per heavy atom. The van der Waals surface area contributed by atoms with E-state index in [9.17, 15) is 18.0 Å². The highest BCUT2D eigenvalue weighted by molar-refractivity contribution is 7.13. The highest BCUT2D eigenvalue weighted by Crippen LogP contribution is 2.24. The van der Waals surface area contributed by atoms with E-state index in [-0.39, 0.29) is 18.7 Å². The number of carbonyl (C=O) groups is 1. The Morgan fingerprint density at radius 2 is 2.12 bits per heavy atom. The minimum Gasteiger partial charge on any atom is -0.467 e. The average molecular weight is 381 g/mol. The number of aromatic nitrogens is 2. The first-order valence-electron chi connectivity index (χ1n) is 7.62. The zero-order valence-corrected chi connectivity index (χ0v) is 14.3. The number of amides is 1. The van der Waals surface area contributed by atoms with Gasteiger partial charge in [0.15, 0.2) is 0 Å². The predicted molar refractivity (Wildman–Crippen MR) is 89.2 cm³/mol. The summed E-state index contributed by atoms with van der Waals surface area (Å²) in [7, 11) is 0. The summed E-state index contributed by atoms with van der Waals surface area (Å²) >= 11 is 1.31. The summed E-state index contributed by atoms with van der Waals surface area (Å²) in [6.45, 7) is -1.59. The van der Waals surface area contributed by atoms with E-state index >= 15 is 0 Å². The van der Waals surface area contributed by atoms with E-state index in [1.54, 1.807) is 29.9 Å². The fourth-order valence-corrected chi connectivity index (χ4v) is 3.13. The van der Waals surface area contributed by atoms with Crippen LogP contribution in [0.15, 0.2) is 52.7 Å². The molecule has 3 rings (SSSR count). The van der Waals surface area contributed by atoms with E-state index in [1.807, 2.05) is 6.07 Å². The Hall–Kier alpha value is -2.68. The van der Waals surface area contributed by atoms with Gasteiger partial charge in [-0.2, -0.15) is 13.2 Å². The molecule has 136 valence electrons. The monoisotopic (exact) mass is 381 g/mol. The van der Waals surface area contributed by atoms with Gasteiger partial charge in [0.05, 0.1) is 24.9 Å². The van der Waals surface area contributed by atoms with E-state index in [4.69, 9.17) is 4.42 Å². The van der Waals surface area contributed by atoms with Crippen molar-refractivity contribution in [1.29, 1.82) is 0 Å². The van der Waals surface area contributed by atoms with Crippen molar-refractivity contribution < 1.29 is 22.4 Å². The van der Waals surface area contributed by atoms with Crippen molar-refractivity contribution >= 4 is 17.2 Å². The zero-order valence-electron chi connectivity index (χ0n) is 13.4. The summed E-state index contributed by atoms with van der Waals surface area (Å²) in [4.78, 5) is 21.4. The molecule has 0 aliphatic heterocycles. The molecule has 0 aromatic carbocycles. The molecule has 9 heteroatoms. The average Bonchev–Trinajstić information content (AvgIpc) is 3.26. The quantitative estimate of drug-likeness (QED) is 0.649. The van der Waals surface area contributed by atoms with E-state index in [2.05, 4.69) is 9.97 Å². The third-order valence-corrected chi connectivity index (χ3v) is 4.38. The first-order valence-corrected chi connectivity index (χ1v) is 8.50. The van der Waals surface area contributed by atoms with Crippen LogP contribution in [0.1, 0.15) is 11.5 Å². The molecule has 0 radical (unpaired) electrons. The number of halogens is 3. The van der Waals surface area contributed by atoms with Crippen molar-refractivity contribution in [3.05, 3.63) is 59.8 Å². The number of hydrogen-bond donors (Lipinski definition) is 0. The van der Waals surface area contributed by atoms with Crippen molar-refractivity contribution in [1.82, 2.24) is 14.9 Å². The molecular formula is C17H14F3N3O2S. The van der Waals surface area contributed by atoms with Gasteiger partial charge in [-0.3, -0.25) is 9.78 Å². The highest BCUT2D eigenvalue weighted by atomic mass is 32.1. The lowest BCUT2D eigenvalue weighted by molar-refractivity contribution is -0.162. The summed E-state index contributed by atoms with van der Waals surface area (Å²) in [6.07, 6.45) is -0.0899. The van der Waals surface area contributed by atoms with Gasteiger partial charge in [0.2, 0.25) is 5.91 Å². The van der Waals surface area contributed by atoms with Crippen LogP contribution in [0.4, 0.5) is 13.2 Å². The Bertz CT molecular complexity index is 848. The first kappa shape index (κ1) is 18.1. The van der Waals surface area contributed by atoms with E-state index in [1.165, 1.54) is 23.7 Å². The minimum absolute atomic E-state index is 0.215. The Labute approximate surface area is 151 Å². The van der Waals surface area contributed by atoms with E-state index in [0.717, 1.165) is 10.5 Å². The number of rotatable bonds is 6. The zero-order chi connectivity index (χ0) is 18.6. The molecule has 3 heterocycles. The van der Waals surface area contributed by atoms with Crippen LogP contribution in [0.2, 0.25) is 0 Å². The lowest BCUT2D eigenvalue weighted by Crippen LogP contribution is -2.39. The Kier molecular flexibility index (Phi) is 5.36. The molecule has 0 unspecified atom stereocenters. The molecule has 1 amide bonds. The van der Waals surface area contributed by atoms with E-state index < -0.39 is 18.6 Å². The maximum absolute atomic E-state index is 12.8. The van der Waals surface area contributed by atoms with Gasteiger partial charge in [-0.05, 0) is 24.3 Å². The largest absolute Gasteiger partial charge is 0.467 e. The second-order valence-corrected chi connectivity index (χ2v) is 6.36. The fourth-order valence-electron chi connectivity index (χ4n) is 2.32. The van der Waals surface area contributed by atoms with Crippen LogP contribution in [0.5, 0.6) is 0 Å². The van der Waals surface area contributed by atoms with Crippen LogP contribution in [-0.2, 0) is 17.8 Å². The molecule has 3 aromatic heterocycles. The molecule has 0 saturated carbocycles. The van der Waals surface area contributed by atoms with E-state index in [0.29, 0.717) is 10.7 Å². The molecule has 0 saturated heterocycles. The summed E-state index contributed by atoms with van der Waals surface area (Å²) in [5.41, 5.74) is 1.21. The molecule has 5 nitrogen and oxygen atoms in total. The van der Waals surface area contributed by atoms with Crippen molar-refractivity contribution in [3.63, 3.8) is 0 Å². The lowest BCUT2D eigenvalue weighted by Gasteiger charge is -2.22. The van der Waals surface area contributed by atoms with Gasteiger partial charge in [-0.15, -0.1) is 11.3 Å². The molecule has 0 spiro atoms. The van der Waals surface area contributed by atoms with Gasteiger partial charge in [-0.25, -0.2) is 4.98 Å². The lowest BCUT2D eigenvalue weighted by atomic mass is 10.2. The third kappa shape index (κ3) is 4.92. The number of pyridine rings is 1. The highest BCUT2D eigenvalue weighted by Gasteiger charge is 2.33. The number of hydrogen-bond acceptors (Lipinski definition) is 5. The summed E-state index contributed by atoms with van der Waals surface area (Å²) in [5.74, 6) is -0.376. The summed E-state index contributed by atoms with van der Waals surface area (Å²) in [6, 6.07) is 6.67. The second kappa shape index (κ2) is 7.69. The third-order valence-electron chi connectivity index (χ3n) is 3.44. The van der Waals surface area contributed by atoms with Crippen LogP contribution in [0.3, 0.4) is 0 Å². The van der Waals surface area contributed by atoms with Gasteiger partial charge < -0.3 is 9.32 Å². The molecule has 3 aromatic rings. The number of nitrogens with zero attached hydrogens (tertiary/aromatic N) is 3. The first-order chi connectivity index (χ1) is 12.4. The maximum Gasteiger partial charge on any atom is 0.406 e. The molecule has 0 fully saturated rings. The molecule has 0 atom stereocenters. The Morgan fingerprint density at radius 3 is 2.77 bits per heavy atom. The summed E-state index contributed by atoms with van der Waals surface area (Å²) < 4.78 is 43.5. The standard InChI is InChI=1S/C17H14F3N3O2S/c18-17(19,20)11-23(9-14-4-2-6-25-14)15(24)7-13-10-26-16(22-13)12-3-1-5-21-8-12/h1-6,8,10H,7,9,11H2. The molecule has 26 heavy (non-hydrogen) atoms. The fraction of sp³-hybridized carbons (Fsp3) is 0.235. The number of furan rings is 1. The van der Waals surface area contributed by atoms with Crippen LogP contribution in [-0.4, -0.2) is 33.5 Å². The van der Waals surface area contributed by atoms with Crippen molar-refractivity contribution in [2.24, 2.45) is 0 Å². The molecule has 0 bridgehead atoms. The maximum atomic E-state index is 12.8. The van der Waals surface area contributed by atoms with Gasteiger partial charge in [0.25, 0.3) is 0 Å². The Balaban J connectivity index is 1.72. The van der Waals surface area contributed by atoms with Gasteiger partial charge in [0.1, 0.15) is 17.3 Å². The minimum atomic E-state index is -4.49. The van der Waals surface area contributed by atoms with Crippen molar-refractivity contribution in [2.45, 2.75) is 19.1 Å². The van der Waals surface area contributed by atoms with Crippen LogP contribution in [0, 0.1) is 0 Å². The molecule has 0 aliphatic rings. The predicted octanol–water partition coefficient (Wildman–Crippen LogP) is 3.93. The second-order valence-electron chi connectivity index (χ2n) is 5.51. The molecular weight excluding hydrogens is 367 g/mol. The normalized spacial score (nSPS) is 11.5. The van der Waals surface area contributed by atoms with Crippen LogP contribution in [0.25, 0.3) is 10.6 Å². The van der Waals surface area contributed by atoms with Gasteiger partial charge in [0, 0.05) is 23.3 Å². The smallest absolute Gasteiger partial charge is 0.406 e. The van der Waals surface area contributed by atoms with Crippen molar-refractivity contribution in [2.75, 3.05) is 6.54 Å². The van der Waals surface area contributed by atoms with Gasteiger partial charge in [-0.1, -0.05) is 0 Å². The topological polar surface area (TPSA) is 59.2 Å². The SMILES string of the molecule is O=C(Cc1csc(-c2cccnc2)n1)N(Cc1ccco1)CC(F)(F)F. The number of alkyl halides is 3. The number of carbonyl (C=O) groups excluding carboxylic acids is 1. The number of thiazole rings is 1.